The predicted molar refractivity (Wildman–Crippen MR) is 71.4 cm³/mol. The van der Waals surface area contributed by atoms with Crippen LogP contribution in [0.15, 0.2) is 18.2 Å². The Bertz CT molecular complexity index is 456. The number of hydrogen-bond acceptors (Lipinski definition) is 2. The van der Waals surface area contributed by atoms with Gasteiger partial charge in [-0.3, -0.25) is 4.79 Å². The van der Waals surface area contributed by atoms with Crippen molar-refractivity contribution in [1.82, 2.24) is 10.2 Å². The molecule has 6 heteroatoms. The van der Waals surface area contributed by atoms with Crippen LogP contribution < -0.4 is 5.32 Å². The molecule has 106 valence electrons. The van der Waals surface area contributed by atoms with Crippen molar-refractivity contribution in [2.24, 2.45) is 0 Å². The van der Waals surface area contributed by atoms with Crippen LogP contribution in [-0.4, -0.2) is 36.5 Å². The normalized spacial score (nSPS) is 18.9. The molecule has 0 aromatic heterocycles. The summed E-state index contributed by atoms with van der Waals surface area (Å²) >= 11 is 0. The van der Waals surface area contributed by atoms with E-state index >= 15 is 0 Å². The number of rotatable bonds is 2. The summed E-state index contributed by atoms with van der Waals surface area (Å²) in [4.78, 5) is 13.8. The topological polar surface area (TPSA) is 32.3 Å². The van der Waals surface area contributed by atoms with Gasteiger partial charge in [-0.15, -0.1) is 12.4 Å². The Kier molecular flexibility index (Phi) is 5.69. The molecule has 1 fully saturated rings. The predicted octanol–water partition coefficient (Wildman–Crippen LogP) is 1.75. The highest BCUT2D eigenvalue weighted by Gasteiger charge is 2.24. The highest BCUT2D eigenvalue weighted by molar-refractivity contribution is 5.85. The fourth-order valence-electron chi connectivity index (χ4n) is 2.16. The molecule has 1 aromatic carbocycles. The molecule has 19 heavy (non-hydrogen) atoms. The van der Waals surface area contributed by atoms with Crippen molar-refractivity contribution in [1.29, 1.82) is 0 Å². The molecule has 1 heterocycles. The molecule has 1 aromatic rings. The molecule has 1 aliphatic rings. The van der Waals surface area contributed by atoms with Gasteiger partial charge in [0.15, 0.2) is 11.6 Å². The minimum atomic E-state index is -0.923. The average molecular weight is 291 g/mol. The molecule has 1 N–H and O–H groups in total. The van der Waals surface area contributed by atoms with Gasteiger partial charge in [0.05, 0.1) is 6.42 Å². The highest BCUT2D eigenvalue weighted by Crippen LogP contribution is 2.14. The van der Waals surface area contributed by atoms with Crippen molar-refractivity contribution in [3.63, 3.8) is 0 Å². The molecule has 3 nitrogen and oxygen atoms in total. The van der Waals surface area contributed by atoms with E-state index in [1.165, 1.54) is 12.1 Å². The third kappa shape index (κ3) is 3.64. The number of amides is 1. The van der Waals surface area contributed by atoms with E-state index in [4.69, 9.17) is 0 Å². The number of halogens is 3. The number of nitrogens with zero attached hydrogens (tertiary/aromatic N) is 1. The lowest BCUT2D eigenvalue weighted by Gasteiger charge is -2.34. The molecule has 0 bridgehead atoms. The quantitative estimate of drug-likeness (QED) is 0.900. The minimum Gasteiger partial charge on any atom is -0.337 e. The first kappa shape index (κ1) is 15.9. The molecule has 0 radical (unpaired) electrons. The Labute approximate surface area is 117 Å². The van der Waals surface area contributed by atoms with E-state index in [0.717, 1.165) is 19.2 Å². The third-order valence-corrected chi connectivity index (χ3v) is 3.19. The maximum absolute atomic E-state index is 13.5. The number of carbonyl (C=O) groups is 1. The van der Waals surface area contributed by atoms with Crippen LogP contribution >= 0.6 is 12.4 Å². The van der Waals surface area contributed by atoms with E-state index in [0.29, 0.717) is 6.54 Å². The Morgan fingerprint density at radius 1 is 1.47 bits per heavy atom. The molecule has 1 saturated heterocycles. The molecular weight excluding hydrogens is 274 g/mol. The SMILES string of the molecule is CC1CNCCN1C(=O)Cc1cccc(F)c1F.Cl. The van der Waals surface area contributed by atoms with E-state index < -0.39 is 11.6 Å². The molecule has 1 atom stereocenters. The Balaban J connectivity index is 0.00000180. The van der Waals surface area contributed by atoms with E-state index in [1.807, 2.05) is 6.92 Å². The van der Waals surface area contributed by atoms with Crippen LogP contribution in [0.25, 0.3) is 0 Å². The van der Waals surface area contributed by atoms with Gasteiger partial charge in [-0.25, -0.2) is 8.78 Å². The molecule has 0 spiro atoms. The van der Waals surface area contributed by atoms with Gasteiger partial charge in [-0.05, 0) is 13.0 Å². The molecule has 1 amide bonds. The van der Waals surface area contributed by atoms with Crippen LogP contribution in [0.4, 0.5) is 8.78 Å². The number of nitrogens with one attached hydrogen (secondary N) is 1. The summed E-state index contributed by atoms with van der Waals surface area (Å²) in [5.74, 6) is -1.99. The molecular formula is C13H17ClF2N2O. The van der Waals surface area contributed by atoms with Crippen molar-refractivity contribution in [2.75, 3.05) is 19.6 Å². The monoisotopic (exact) mass is 290 g/mol. The minimum absolute atomic E-state index is 0. The Morgan fingerprint density at radius 3 is 2.89 bits per heavy atom. The zero-order valence-corrected chi connectivity index (χ0v) is 11.5. The van der Waals surface area contributed by atoms with Crippen molar-refractivity contribution in [2.45, 2.75) is 19.4 Å². The van der Waals surface area contributed by atoms with Crippen LogP contribution in [0.5, 0.6) is 0 Å². The molecule has 2 rings (SSSR count). The van der Waals surface area contributed by atoms with Gasteiger partial charge >= 0.3 is 0 Å². The summed E-state index contributed by atoms with van der Waals surface area (Å²) < 4.78 is 26.5. The van der Waals surface area contributed by atoms with Crippen molar-refractivity contribution >= 4 is 18.3 Å². The Hall–Kier alpha value is -1.20. The van der Waals surface area contributed by atoms with E-state index in [2.05, 4.69) is 5.32 Å². The van der Waals surface area contributed by atoms with Crippen LogP contribution in [0.3, 0.4) is 0 Å². The maximum atomic E-state index is 13.5. The van der Waals surface area contributed by atoms with Gasteiger partial charge in [0.2, 0.25) is 5.91 Å². The number of piperazine rings is 1. The van der Waals surface area contributed by atoms with Crippen molar-refractivity contribution < 1.29 is 13.6 Å². The van der Waals surface area contributed by atoms with Gasteiger partial charge in [0.25, 0.3) is 0 Å². The van der Waals surface area contributed by atoms with Gasteiger partial charge in [-0.2, -0.15) is 0 Å². The first-order chi connectivity index (χ1) is 8.59. The van der Waals surface area contributed by atoms with Crippen LogP contribution in [0.2, 0.25) is 0 Å². The molecule has 0 aliphatic carbocycles. The fourth-order valence-corrected chi connectivity index (χ4v) is 2.16. The molecule has 1 aliphatic heterocycles. The summed E-state index contributed by atoms with van der Waals surface area (Å²) in [5, 5.41) is 3.18. The summed E-state index contributed by atoms with van der Waals surface area (Å²) in [6, 6.07) is 4.00. The van der Waals surface area contributed by atoms with Crippen LogP contribution in [0.1, 0.15) is 12.5 Å². The lowest BCUT2D eigenvalue weighted by Crippen LogP contribution is -2.52. The van der Waals surface area contributed by atoms with Gasteiger partial charge in [0.1, 0.15) is 0 Å². The first-order valence-electron chi connectivity index (χ1n) is 6.02. The summed E-state index contributed by atoms with van der Waals surface area (Å²) in [5.41, 5.74) is 0.116. The van der Waals surface area contributed by atoms with Crippen LogP contribution in [0, 0.1) is 11.6 Å². The van der Waals surface area contributed by atoms with Gasteiger partial charge in [-0.1, -0.05) is 12.1 Å². The van der Waals surface area contributed by atoms with Gasteiger partial charge < -0.3 is 10.2 Å². The van der Waals surface area contributed by atoms with Crippen molar-refractivity contribution in [3.8, 4) is 0 Å². The second-order valence-electron chi connectivity index (χ2n) is 4.53. The van der Waals surface area contributed by atoms with Crippen LogP contribution in [-0.2, 0) is 11.2 Å². The van der Waals surface area contributed by atoms with E-state index in [9.17, 15) is 13.6 Å². The summed E-state index contributed by atoms with van der Waals surface area (Å²) in [6.45, 7) is 4.02. The lowest BCUT2D eigenvalue weighted by molar-refractivity contribution is -0.133. The standard InChI is InChI=1S/C13H16F2N2O.ClH/c1-9-8-16-5-6-17(9)12(18)7-10-3-2-4-11(14)13(10)15;/h2-4,9,16H,5-8H2,1H3;1H. The first-order valence-corrected chi connectivity index (χ1v) is 6.02. The van der Waals surface area contributed by atoms with Crippen molar-refractivity contribution in [3.05, 3.63) is 35.4 Å². The van der Waals surface area contributed by atoms with E-state index in [1.54, 1.807) is 4.90 Å². The average Bonchev–Trinajstić information content (AvgIpc) is 2.35. The third-order valence-electron chi connectivity index (χ3n) is 3.19. The number of benzene rings is 1. The largest absolute Gasteiger partial charge is 0.337 e. The fraction of sp³-hybridized carbons (Fsp3) is 0.462. The highest BCUT2D eigenvalue weighted by atomic mass is 35.5. The second kappa shape index (κ2) is 6.82. The second-order valence-corrected chi connectivity index (χ2v) is 4.53. The molecule has 1 unspecified atom stereocenters. The smallest absolute Gasteiger partial charge is 0.227 e. The van der Waals surface area contributed by atoms with Gasteiger partial charge in [0, 0.05) is 31.2 Å². The Morgan fingerprint density at radius 2 is 2.21 bits per heavy atom. The number of hydrogen-bond donors (Lipinski definition) is 1. The zero-order valence-electron chi connectivity index (χ0n) is 10.7. The number of carbonyl (C=O) groups excluding carboxylic acids is 1. The lowest BCUT2D eigenvalue weighted by atomic mass is 10.1. The summed E-state index contributed by atoms with van der Waals surface area (Å²) in [6.07, 6.45) is -0.0894. The maximum Gasteiger partial charge on any atom is 0.227 e. The zero-order chi connectivity index (χ0) is 13.1. The molecule has 0 saturated carbocycles. The summed E-state index contributed by atoms with van der Waals surface area (Å²) in [7, 11) is 0. The van der Waals surface area contributed by atoms with E-state index in [-0.39, 0.29) is 36.3 Å².